The molecule has 5 nitrogen and oxygen atoms in total. The Labute approximate surface area is 165 Å². The van der Waals surface area contributed by atoms with Gasteiger partial charge in [-0.05, 0) is 48.9 Å². The number of aryl methyl sites for hydroxylation is 1. The van der Waals surface area contributed by atoms with Crippen LogP contribution in [0, 0.1) is 5.92 Å². The zero-order valence-corrected chi connectivity index (χ0v) is 17.3. The van der Waals surface area contributed by atoms with Crippen molar-refractivity contribution in [3.63, 3.8) is 0 Å². The van der Waals surface area contributed by atoms with Crippen molar-refractivity contribution in [3.05, 3.63) is 47.8 Å². The van der Waals surface area contributed by atoms with Crippen LogP contribution in [0.5, 0.6) is 5.88 Å². The minimum absolute atomic E-state index is 0.464. The van der Waals surface area contributed by atoms with Gasteiger partial charge in [0.05, 0.1) is 18.3 Å². The molecule has 0 unspecified atom stereocenters. The molecule has 1 aromatic carbocycles. The first-order chi connectivity index (χ1) is 13.0. The molecule has 0 bridgehead atoms. The van der Waals surface area contributed by atoms with Gasteiger partial charge in [0, 0.05) is 35.6 Å². The van der Waals surface area contributed by atoms with E-state index in [4.69, 9.17) is 9.72 Å². The molecule has 2 heterocycles. The highest BCUT2D eigenvalue weighted by Gasteiger charge is 2.10. The Hall–Kier alpha value is -2.05. The average molecular weight is 385 g/mol. The second-order valence-electron chi connectivity index (χ2n) is 7.17. The maximum Gasteiger partial charge on any atom is 0.218 e. The van der Waals surface area contributed by atoms with E-state index in [-0.39, 0.29) is 0 Å². The largest absolute Gasteiger partial charge is 0.477 e. The molecular formula is C21H28N4OS. The molecule has 0 spiro atoms. The maximum atomic E-state index is 6.03. The fourth-order valence-corrected chi connectivity index (χ4v) is 3.29. The van der Waals surface area contributed by atoms with Crippen LogP contribution in [0.4, 0.5) is 0 Å². The van der Waals surface area contributed by atoms with Crippen molar-refractivity contribution in [2.24, 2.45) is 13.0 Å². The van der Waals surface area contributed by atoms with Gasteiger partial charge in [-0.1, -0.05) is 19.9 Å². The van der Waals surface area contributed by atoms with Gasteiger partial charge in [-0.3, -0.25) is 4.68 Å². The highest BCUT2D eigenvalue weighted by atomic mass is 32.2. The lowest BCUT2D eigenvalue weighted by molar-refractivity contribution is 0.259. The Kier molecular flexibility index (Phi) is 6.74. The van der Waals surface area contributed by atoms with Gasteiger partial charge in [0.15, 0.2) is 0 Å². The topological polar surface area (TPSA) is 52.0 Å². The fourth-order valence-electron chi connectivity index (χ4n) is 2.85. The van der Waals surface area contributed by atoms with Crippen LogP contribution < -0.4 is 10.1 Å². The third kappa shape index (κ3) is 5.47. The molecule has 0 aliphatic carbocycles. The summed E-state index contributed by atoms with van der Waals surface area (Å²) in [4.78, 5) is 6.02. The number of pyridine rings is 1. The average Bonchev–Trinajstić information content (AvgIpc) is 3.07. The standard InChI is InChI=1S/C21H28N4OS/c1-15(2)14-26-21-18(12-22-8-7-16-11-23-25(3)13-16)9-17-5-6-19(27-4)10-20(17)24-21/h5-6,9-11,13,15,22H,7-8,12,14H2,1-4H3. The van der Waals surface area contributed by atoms with Gasteiger partial charge in [-0.15, -0.1) is 11.8 Å². The molecule has 6 heteroatoms. The summed E-state index contributed by atoms with van der Waals surface area (Å²) >= 11 is 1.73. The Morgan fingerprint density at radius 3 is 2.81 bits per heavy atom. The van der Waals surface area contributed by atoms with E-state index in [1.807, 2.05) is 17.9 Å². The number of hydrogen-bond acceptors (Lipinski definition) is 5. The van der Waals surface area contributed by atoms with Crippen molar-refractivity contribution in [3.8, 4) is 5.88 Å². The van der Waals surface area contributed by atoms with Crippen LogP contribution in [0.3, 0.4) is 0 Å². The van der Waals surface area contributed by atoms with Crippen LogP contribution in [-0.4, -0.2) is 34.2 Å². The lowest BCUT2D eigenvalue weighted by Gasteiger charge is -2.14. The van der Waals surface area contributed by atoms with Crippen molar-refractivity contribution >= 4 is 22.7 Å². The molecule has 0 radical (unpaired) electrons. The number of benzene rings is 1. The van der Waals surface area contributed by atoms with E-state index in [2.05, 4.69) is 61.0 Å². The molecule has 3 rings (SSSR count). The van der Waals surface area contributed by atoms with Crippen molar-refractivity contribution < 1.29 is 4.74 Å². The number of fused-ring (bicyclic) bond motifs is 1. The second kappa shape index (κ2) is 9.24. The number of aromatic nitrogens is 3. The van der Waals surface area contributed by atoms with Crippen molar-refractivity contribution in [2.45, 2.75) is 31.7 Å². The van der Waals surface area contributed by atoms with Crippen molar-refractivity contribution in [1.82, 2.24) is 20.1 Å². The predicted molar refractivity (Wildman–Crippen MR) is 112 cm³/mol. The summed E-state index contributed by atoms with van der Waals surface area (Å²) in [7, 11) is 1.94. The van der Waals surface area contributed by atoms with Crippen molar-refractivity contribution in [1.29, 1.82) is 0 Å². The Bertz CT molecular complexity index is 891. The van der Waals surface area contributed by atoms with E-state index >= 15 is 0 Å². The summed E-state index contributed by atoms with van der Waals surface area (Å²) in [6.07, 6.45) is 7.01. The lowest BCUT2D eigenvalue weighted by atomic mass is 10.1. The molecule has 0 saturated carbocycles. The van der Waals surface area contributed by atoms with Crippen LogP contribution >= 0.6 is 11.8 Å². The number of nitrogens with zero attached hydrogens (tertiary/aromatic N) is 3. The minimum Gasteiger partial charge on any atom is -0.477 e. The smallest absolute Gasteiger partial charge is 0.218 e. The molecule has 0 amide bonds. The molecule has 0 fully saturated rings. The summed E-state index contributed by atoms with van der Waals surface area (Å²) in [5.41, 5.74) is 3.33. The van der Waals surface area contributed by atoms with Crippen LogP contribution in [0.1, 0.15) is 25.0 Å². The van der Waals surface area contributed by atoms with Crippen LogP contribution in [0.2, 0.25) is 0 Å². The van der Waals surface area contributed by atoms with E-state index in [1.54, 1.807) is 11.8 Å². The predicted octanol–water partition coefficient (Wildman–Crippen LogP) is 4.06. The highest BCUT2D eigenvalue weighted by Crippen LogP contribution is 2.26. The second-order valence-corrected chi connectivity index (χ2v) is 8.04. The molecule has 2 aromatic heterocycles. The Balaban J connectivity index is 1.73. The molecule has 1 N–H and O–H groups in total. The molecule has 3 aromatic rings. The van der Waals surface area contributed by atoms with Gasteiger partial charge < -0.3 is 10.1 Å². The molecular weight excluding hydrogens is 356 g/mol. The van der Waals surface area contributed by atoms with Gasteiger partial charge in [0.2, 0.25) is 5.88 Å². The van der Waals surface area contributed by atoms with Gasteiger partial charge in [0.1, 0.15) is 0 Å². The zero-order valence-electron chi connectivity index (χ0n) is 16.5. The van der Waals surface area contributed by atoms with E-state index < -0.39 is 0 Å². The van der Waals surface area contributed by atoms with Crippen molar-refractivity contribution in [2.75, 3.05) is 19.4 Å². The van der Waals surface area contributed by atoms with Gasteiger partial charge in [-0.25, -0.2) is 4.98 Å². The lowest BCUT2D eigenvalue weighted by Crippen LogP contribution is -2.18. The van der Waals surface area contributed by atoms with E-state index in [0.717, 1.165) is 41.9 Å². The summed E-state index contributed by atoms with van der Waals surface area (Å²) in [5.74, 6) is 1.20. The number of nitrogens with one attached hydrogen (secondary N) is 1. The van der Waals surface area contributed by atoms with Gasteiger partial charge >= 0.3 is 0 Å². The zero-order chi connectivity index (χ0) is 19.2. The number of thioether (sulfide) groups is 1. The number of ether oxygens (including phenoxy) is 1. The fraction of sp³-hybridized carbons (Fsp3) is 0.429. The molecule has 144 valence electrons. The first-order valence-corrected chi connectivity index (χ1v) is 10.6. The normalized spacial score (nSPS) is 11.4. The Morgan fingerprint density at radius 1 is 1.26 bits per heavy atom. The van der Waals surface area contributed by atoms with Crippen LogP contribution in [-0.2, 0) is 20.0 Å². The van der Waals surface area contributed by atoms with Crippen LogP contribution in [0.25, 0.3) is 10.9 Å². The summed E-state index contributed by atoms with van der Waals surface area (Å²) in [6, 6.07) is 8.60. The monoisotopic (exact) mass is 384 g/mol. The van der Waals surface area contributed by atoms with E-state index in [1.165, 1.54) is 10.5 Å². The van der Waals surface area contributed by atoms with E-state index in [0.29, 0.717) is 12.5 Å². The van der Waals surface area contributed by atoms with Gasteiger partial charge in [0.25, 0.3) is 0 Å². The number of hydrogen-bond donors (Lipinski definition) is 1. The molecule has 0 atom stereocenters. The van der Waals surface area contributed by atoms with Gasteiger partial charge in [-0.2, -0.15) is 5.10 Å². The quantitative estimate of drug-likeness (QED) is 0.445. The van der Waals surface area contributed by atoms with E-state index in [9.17, 15) is 0 Å². The first kappa shape index (κ1) is 19.7. The number of rotatable bonds is 9. The SMILES string of the molecule is CSc1ccc2cc(CNCCc3cnn(C)c3)c(OCC(C)C)nc2c1. The summed E-state index contributed by atoms with van der Waals surface area (Å²) in [5, 5.41) is 8.87. The maximum absolute atomic E-state index is 6.03. The Morgan fingerprint density at radius 2 is 2.11 bits per heavy atom. The third-order valence-electron chi connectivity index (χ3n) is 4.28. The minimum atomic E-state index is 0.464. The van der Waals surface area contributed by atoms with Crippen LogP contribution in [0.15, 0.2) is 41.6 Å². The third-order valence-corrected chi connectivity index (χ3v) is 5.01. The molecule has 0 aliphatic heterocycles. The first-order valence-electron chi connectivity index (χ1n) is 9.34. The highest BCUT2D eigenvalue weighted by molar-refractivity contribution is 7.98. The molecule has 27 heavy (non-hydrogen) atoms. The molecule has 0 saturated heterocycles. The summed E-state index contributed by atoms with van der Waals surface area (Å²) < 4.78 is 7.86. The summed E-state index contributed by atoms with van der Waals surface area (Å²) in [6.45, 7) is 6.60. The molecule has 0 aliphatic rings.